The zero-order chi connectivity index (χ0) is 18.9. The van der Waals surface area contributed by atoms with Crippen LogP contribution in [0.2, 0.25) is 0 Å². The predicted octanol–water partition coefficient (Wildman–Crippen LogP) is 1.26. The van der Waals surface area contributed by atoms with Crippen LogP contribution in [0.4, 0.5) is 11.9 Å². The van der Waals surface area contributed by atoms with Crippen molar-refractivity contribution in [2.45, 2.75) is 26.8 Å². The van der Waals surface area contributed by atoms with E-state index in [-0.39, 0.29) is 30.4 Å². The van der Waals surface area contributed by atoms with Gasteiger partial charge in [-0.05, 0) is 20.8 Å². The molecule has 0 aliphatic rings. The molecular formula is C15H21N7O4. The SMILES string of the molecule is CCNc1nc(NC(C)C)nc(Oc2ccc(OCC(=O)OC)nn2)n1. The van der Waals surface area contributed by atoms with Crippen LogP contribution >= 0.6 is 0 Å². The minimum atomic E-state index is -0.515. The number of anilines is 2. The summed E-state index contributed by atoms with van der Waals surface area (Å²) in [6.07, 6.45) is 0. The Bertz CT molecular complexity index is 724. The maximum Gasteiger partial charge on any atom is 0.343 e. The first kappa shape index (κ1) is 19.1. The number of ether oxygens (including phenoxy) is 3. The summed E-state index contributed by atoms with van der Waals surface area (Å²) >= 11 is 0. The van der Waals surface area contributed by atoms with E-state index in [9.17, 15) is 4.79 Å². The molecule has 2 N–H and O–H groups in total. The van der Waals surface area contributed by atoms with Crippen LogP contribution in [0.15, 0.2) is 12.1 Å². The Balaban J connectivity index is 2.08. The Morgan fingerprint density at radius 1 is 1.12 bits per heavy atom. The zero-order valence-corrected chi connectivity index (χ0v) is 15.0. The first-order valence-electron chi connectivity index (χ1n) is 7.97. The molecule has 0 fully saturated rings. The molecule has 2 heterocycles. The first-order valence-corrected chi connectivity index (χ1v) is 7.97. The van der Waals surface area contributed by atoms with Gasteiger partial charge in [-0.1, -0.05) is 0 Å². The molecule has 0 aliphatic carbocycles. The quantitative estimate of drug-likeness (QED) is 0.623. The molecule has 0 spiro atoms. The molecule has 0 atom stereocenters. The number of aromatic nitrogens is 5. The topological polar surface area (TPSA) is 133 Å². The molecule has 0 amide bonds. The van der Waals surface area contributed by atoms with Crippen molar-refractivity contribution in [1.29, 1.82) is 0 Å². The summed E-state index contributed by atoms with van der Waals surface area (Å²) in [5, 5.41) is 13.8. The molecule has 140 valence electrons. The molecule has 11 heteroatoms. The fourth-order valence-electron chi connectivity index (χ4n) is 1.69. The van der Waals surface area contributed by atoms with Gasteiger partial charge in [0.2, 0.25) is 23.7 Å². The average molecular weight is 363 g/mol. The summed E-state index contributed by atoms with van der Waals surface area (Å²) in [6, 6.07) is 3.24. The van der Waals surface area contributed by atoms with E-state index in [2.05, 4.69) is 40.5 Å². The molecule has 0 saturated carbocycles. The van der Waals surface area contributed by atoms with Gasteiger partial charge in [-0.25, -0.2) is 4.79 Å². The number of rotatable bonds is 9. The Morgan fingerprint density at radius 3 is 2.42 bits per heavy atom. The predicted molar refractivity (Wildman–Crippen MR) is 92.4 cm³/mol. The number of nitrogens with one attached hydrogen (secondary N) is 2. The van der Waals surface area contributed by atoms with Crippen LogP contribution in [-0.2, 0) is 9.53 Å². The number of hydrogen-bond donors (Lipinski definition) is 2. The smallest absolute Gasteiger partial charge is 0.343 e. The number of hydrogen-bond acceptors (Lipinski definition) is 11. The maximum absolute atomic E-state index is 11.0. The first-order chi connectivity index (χ1) is 12.5. The highest BCUT2D eigenvalue weighted by molar-refractivity contribution is 5.70. The fraction of sp³-hybridized carbons (Fsp3) is 0.467. The van der Waals surface area contributed by atoms with Gasteiger partial charge in [0.05, 0.1) is 7.11 Å². The second-order valence-corrected chi connectivity index (χ2v) is 5.27. The summed E-state index contributed by atoms with van der Waals surface area (Å²) < 4.78 is 15.1. The van der Waals surface area contributed by atoms with Crippen LogP contribution < -0.4 is 20.1 Å². The second-order valence-electron chi connectivity index (χ2n) is 5.27. The van der Waals surface area contributed by atoms with Crippen molar-refractivity contribution in [1.82, 2.24) is 25.1 Å². The second kappa shape index (κ2) is 9.30. The molecule has 0 bridgehead atoms. The van der Waals surface area contributed by atoms with E-state index in [0.717, 1.165) is 0 Å². The number of nitrogens with zero attached hydrogens (tertiary/aromatic N) is 5. The van der Waals surface area contributed by atoms with Crippen LogP contribution in [0.1, 0.15) is 20.8 Å². The molecule has 2 rings (SSSR count). The average Bonchev–Trinajstić information content (AvgIpc) is 2.60. The molecule has 0 aromatic carbocycles. The van der Waals surface area contributed by atoms with E-state index < -0.39 is 5.97 Å². The third-order valence-electron chi connectivity index (χ3n) is 2.74. The number of carbonyl (C=O) groups excluding carboxylic acids is 1. The Labute approximate surface area is 150 Å². The highest BCUT2D eigenvalue weighted by Gasteiger charge is 2.11. The van der Waals surface area contributed by atoms with Gasteiger partial charge < -0.3 is 24.8 Å². The van der Waals surface area contributed by atoms with Crippen LogP contribution in [0.25, 0.3) is 0 Å². The third kappa shape index (κ3) is 6.00. The van der Waals surface area contributed by atoms with E-state index >= 15 is 0 Å². The zero-order valence-electron chi connectivity index (χ0n) is 15.0. The standard InChI is InChI=1S/C15H21N7O4/c1-5-16-13-18-14(17-9(2)3)20-15(19-13)26-11-7-6-10(21-22-11)25-8-12(23)24-4/h6-7,9H,5,8H2,1-4H3,(H2,16,17,18,19,20). The van der Waals surface area contributed by atoms with Gasteiger partial charge in [0, 0.05) is 24.7 Å². The fourth-order valence-corrected chi connectivity index (χ4v) is 1.69. The van der Waals surface area contributed by atoms with Crippen molar-refractivity contribution in [2.75, 3.05) is 30.9 Å². The molecule has 0 saturated heterocycles. The van der Waals surface area contributed by atoms with Crippen molar-refractivity contribution in [3.8, 4) is 17.8 Å². The van der Waals surface area contributed by atoms with Crippen LogP contribution in [0.5, 0.6) is 17.8 Å². The van der Waals surface area contributed by atoms with E-state index in [0.29, 0.717) is 18.4 Å². The van der Waals surface area contributed by atoms with Crippen LogP contribution in [0, 0.1) is 0 Å². The van der Waals surface area contributed by atoms with E-state index in [4.69, 9.17) is 9.47 Å². The Morgan fingerprint density at radius 2 is 1.81 bits per heavy atom. The van der Waals surface area contributed by atoms with E-state index in [1.807, 2.05) is 20.8 Å². The lowest BCUT2D eigenvalue weighted by Crippen LogP contribution is -2.15. The minimum Gasteiger partial charge on any atom is -0.466 e. The normalized spacial score (nSPS) is 10.3. The number of methoxy groups -OCH3 is 1. The largest absolute Gasteiger partial charge is 0.466 e. The third-order valence-corrected chi connectivity index (χ3v) is 2.74. The molecule has 0 radical (unpaired) electrons. The van der Waals surface area contributed by atoms with Crippen molar-refractivity contribution >= 4 is 17.9 Å². The van der Waals surface area contributed by atoms with Gasteiger partial charge in [0.1, 0.15) is 0 Å². The van der Waals surface area contributed by atoms with E-state index in [1.54, 1.807) is 0 Å². The molecule has 2 aromatic rings. The molecular weight excluding hydrogens is 342 g/mol. The minimum absolute atomic E-state index is 0.0663. The van der Waals surface area contributed by atoms with Gasteiger partial charge in [0.15, 0.2) is 6.61 Å². The van der Waals surface area contributed by atoms with Gasteiger partial charge in [-0.15, -0.1) is 10.2 Å². The number of carbonyl (C=O) groups is 1. The lowest BCUT2D eigenvalue weighted by molar-refractivity contribution is -0.143. The highest BCUT2D eigenvalue weighted by Crippen LogP contribution is 2.19. The number of esters is 1. The monoisotopic (exact) mass is 363 g/mol. The summed E-state index contributed by atoms with van der Waals surface area (Å²) in [7, 11) is 1.27. The van der Waals surface area contributed by atoms with Gasteiger partial charge >= 0.3 is 12.0 Å². The van der Waals surface area contributed by atoms with E-state index in [1.165, 1.54) is 19.2 Å². The van der Waals surface area contributed by atoms with Gasteiger partial charge in [0.25, 0.3) is 0 Å². The molecule has 0 unspecified atom stereocenters. The van der Waals surface area contributed by atoms with Gasteiger partial charge in [-0.2, -0.15) is 15.0 Å². The molecule has 0 aliphatic heterocycles. The van der Waals surface area contributed by atoms with Crippen molar-refractivity contribution in [3.05, 3.63) is 12.1 Å². The molecule has 2 aromatic heterocycles. The summed E-state index contributed by atoms with van der Waals surface area (Å²) in [5.41, 5.74) is 0. The summed E-state index contributed by atoms with van der Waals surface area (Å²) in [4.78, 5) is 23.6. The summed E-state index contributed by atoms with van der Waals surface area (Å²) in [6.45, 7) is 6.26. The maximum atomic E-state index is 11.0. The molecule has 26 heavy (non-hydrogen) atoms. The Kier molecular flexibility index (Phi) is 6.83. The van der Waals surface area contributed by atoms with Crippen LogP contribution in [-0.4, -0.2) is 57.4 Å². The highest BCUT2D eigenvalue weighted by atomic mass is 16.6. The van der Waals surface area contributed by atoms with Crippen LogP contribution in [0.3, 0.4) is 0 Å². The van der Waals surface area contributed by atoms with Crippen molar-refractivity contribution in [3.63, 3.8) is 0 Å². The molecule has 11 nitrogen and oxygen atoms in total. The van der Waals surface area contributed by atoms with Crippen molar-refractivity contribution < 1.29 is 19.0 Å². The lowest BCUT2D eigenvalue weighted by Gasteiger charge is -2.11. The lowest BCUT2D eigenvalue weighted by atomic mass is 10.4. The van der Waals surface area contributed by atoms with Crippen molar-refractivity contribution in [2.24, 2.45) is 0 Å². The summed E-state index contributed by atoms with van der Waals surface area (Å²) in [5.74, 6) is 0.575. The Hall–Kier alpha value is -3.24. The van der Waals surface area contributed by atoms with Gasteiger partial charge in [-0.3, -0.25) is 0 Å².